The molecule has 0 atom stereocenters. The van der Waals surface area contributed by atoms with Crippen molar-refractivity contribution >= 4 is 11.8 Å². The van der Waals surface area contributed by atoms with E-state index in [1.807, 2.05) is 12.1 Å². The van der Waals surface area contributed by atoms with E-state index in [2.05, 4.69) is 10.2 Å². The van der Waals surface area contributed by atoms with Gasteiger partial charge in [-0.05, 0) is 5.56 Å². The quantitative estimate of drug-likeness (QED) is 0.789. The lowest BCUT2D eigenvalue weighted by atomic mass is 10.0. The lowest BCUT2D eigenvalue weighted by Crippen LogP contribution is -2.03. The van der Waals surface area contributed by atoms with Crippen molar-refractivity contribution in [2.24, 2.45) is 0 Å². The van der Waals surface area contributed by atoms with E-state index in [-0.39, 0.29) is 18.6 Å². The molecule has 2 N–H and O–H groups in total. The van der Waals surface area contributed by atoms with Gasteiger partial charge in [-0.3, -0.25) is 14.7 Å². The number of carboxylic acids is 1. The summed E-state index contributed by atoms with van der Waals surface area (Å²) in [5.74, 6) is -1.12. The van der Waals surface area contributed by atoms with Gasteiger partial charge >= 0.3 is 5.97 Å². The summed E-state index contributed by atoms with van der Waals surface area (Å²) in [5.41, 5.74) is 2.43. The standard InChI is InChI=1S/C13H12N2O3/c16-12(5-6-13(17)18)10-3-1-9(2-4-10)11-7-14-15-8-11/h1-4,7-8H,5-6H2,(H,14,15)(H,17,18). The number of Topliss-reactive ketones (excluding diaryl/α,β-unsaturated/α-hetero) is 1. The maximum absolute atomic E-state index is 11.7. The van der Waals surface area contributed by atoms with Crippen molar-refractivity contribution in [1.29, 1.82) is 0 Å². The molecule has 0 radical (unpaired) electrons. The van der Waals surface area contributed by atoms with Crippen LogP contribution in [0.5, 0.6) is 0 Å². The third kappa shape index (κ3) is 2.82. The van der Waals surface area contributed by atoms with Gasteiger partial charge in [0, 0.05) is 23.7 Å². The molecule has 0 unspecified atom stereocenters. The van der Waals surface area contributed by atoms with Crippen molar-refractivity contribution in [3.05, 3.63) is 42.2 Å². The van der Waals surface area contributed by atoms with Crippen LogP contribution >= 0.6 is 0 Å². The van der Waals surface area contributed by atoms with Gasteiger partial charge in [-0.1, -0.05) is 24.3 Å². The van der Waals surface area contributed by atoms with Crippen molar-refractivity contribution in [3.63, 3.8) is 0 Å². The number of carboxylic acid groups (broad SMARTS) is 1. The number of hydrogen-bond donors (Lipinski definition) is 2. The SMILES string of the molecule is O=C(O)CCC(=O)c1ccc(-c2cn[nH]c2)cc1. The van der Waals surface area contributed by atoms with E-state index in [1.165, 1.54) is 0 Å². The van der Waals surface area contributed by atoms with Gasteiger partial charge in [0.1, 0.15) is 0 Å². The number of nitrogens with one attached hydrogen (secondary N) is 1. The van der Waals surface area contributed by atoms with E-state index in [1.54, 1.807) is 24.5 Å². The minimum absolute atomic E-state index is 0.0282. The molecule has 92 valence electrons. The van der Waals surface area contributed by atoms with Crippen molar-refractivity contribution in [1.82, 2.24) is 10.2 Å². The summed E-state index contributed by atoms with van der Waals surface area (Å²) in [4.78, 5) is 22.0. The number of hydrogen-bond acceptors (Lipinski definition) is 3. The number of aromatic nitrogens is 2. The molecule has 0 saturated heterocycles. The molecule has 1 aromatic carbocycles. The molecular weight excluding hydrogens is 232 g/mol. The molecule has 5 nitrogen and oxygen atoms in total. The van der Waals surface area contributed by atoms with Gasteiger partial charge in [0.05, 0.1) is 12.6 Å². The highest BCUT2D eigenvalue weighted by atomic mass is 16.4. The van der Waals surface area contributed by atoms with E-state index in [4.69, 9.17) is 5.11 Å². The molecule has 1 aromatic heterocycles. The van der Waals surface area contributed by atoms with Crippen LogP contribution in [-0.2, 0) is 4.79 Å². The minimum atomic E-state index is -0.960. The first-order chi connectivity index (χ1) is 8.66. The lowest BCUT2D eigenvalue weighted by Gasteiger charge is -2.01. The number of ketones is 1. The summed E-state index contributed by atoms with van der Waals surface area (Å²) in [7, 11) is 0. The first-order valence-electron chi connectivity index (χ1n) is 5.51. The molecule has 0 amide bonds. The number of benzene rings is 1. The van der Waals surface area contributed by atoms with Crippen LogP contribution in [0.25, 0.3) is 11.1 Å². The fraction of sp³-hybridized carbons (Fsp3) is 0.154. The molecule has 0 spiro atoms. The van der Waals surface area contributed by atoms with Crippen LogP contribution in [0.15, 0.2) is 36.7 Å². The Kier molecular flexibility index (Phi) is 3.52. The Morgan fingerprint density at radius 1 is 1.11 bits per heavy atom. The smallest absolute Gasteiger partial charge is 0.303 e. The predicted octanol–water partition coefficient (Wildman–Crippen LogP) is 2.12. The zero-order valence-corrected chi connectivity index (χ0v) is 9.59. The number of H-pyrrole nitrogens is 1. The van der Waals surface area contributed by atoms with Crippen LogP contribution in [0.4, 0.5) is 0 Å². The molecule has 2 rings (SSSR count). The maximum atomic E-state index is 11.7. The van der Waals surface area contributed by atoms with Crippen LogP contribution < -0.4 is 0 Å². The van der Waals surface area contributed by atoms with Gasteiger partial charge in [0.2, 0.25) is 0 Å². The fourth-order valence-electron chi connectivity index (χ4n) is 1.62. The Morgan fingerprint density at radius 3 is 2.39 bits per heavy atom. The zero-order chi connectivity index (χ0) is 13.0. The molecular formula is C13H12N2O3. The van der Waals surface area contributed by atoms with Gasteiger partial charge in [-0.2, -0.15) is 5.10 Å². The van der Waals surface area contributed by atoms with Crippen LogP contribution in [0.3, 0.4) is 0 Å². The number of carbonyl (C=O) groups excluding carboxylic acids is 1. The third-order valence-electron chi connectivity index (χ3n) is 2.60. The topological polar surface area (TPSA) is 83.0 Å². The largest absolute Gasteiger partial charge is 0.481 e. The first kappa shape index (κ1) is 12.0. The normalized spacial score (nSPS) is 10.2. The molecule has 18 heavy (non-hydrogen) atoms. The Balaban J connectivity index is 2.08. The first-order valence-corrected chi connectivity index (χ1v) is 5.51. The molecule has 5 heteroatoms. The Hall–Kier alpha value is -2.43. The van der Waals surface area contributed by atoms with E-state index >= 15 is 0 Å². The molecule has 0 aliphatic rings. The Bertz CT molecular complexity index is 544. The molecule has 0 aliphatic heterocycles. The summed E-state index contributed by atoms with van der Waals surface area (Å²) < 4.78 is 0. The Labute approximate surface area is 103 Å². The summed E-state index contributed by atoms with van der Waals surface area (Å²) in [6.45, 7) is 0. The van der Waals surface area contributed by atoms with Crippen molar-refractivity contribution < 1.29 is 14.7 Å². The van der Waals surface area contributed by atoms with E-state index in [9.17, 15) is 9.59 Å². The number of carbonyl (C=O) groups is 2. The summed E-state index contributed by atoms with van der Waals surface area (Å²) in [6.07, 6.45) is 3.35. The van der Waals surface area contributed by atoms with Gasteiger partial charge in [-0.15, -0.1) is 0 Å². The van der Waals surface area contributed by atoms with Crippen LogP contribution in [0.2, 0.25) is 0 Å². The van der Waals surface area contributed by atoms with Gasteiger partial charge in [0.25, 0.3) is 0 Å². The van der Waals surface area contributed by atoms with Gasteiger partial charge in [0.15, 0.2) is 5.78 Å². The van der Waals surface area contributed by atoms with Gasteiger partial charge < -0.3 is 5.11 Å². The number of rotatable bonds is 5. The second-order valence-corrected chi connectivity index (χ2v) is 3.88. The average Bonchev–Trinajstić information content (AvgIpc) is 2.90. The molecule has 0 aliphatic carbocycles. The van der Waals surface area contributed by atoms with Crippen molar-refractivity contribution in [2.45, 2.75) is 12.8 Å². The van der Waals surface area contributed by atoms with E-state index in [0.717, 1.165) is 11.1 Å². The van der Waals surface area contributed by atoms with Crippen molar-refractivity contribution in [3.8, 4) is 11.1 Å². The molecule has 0 fully saturated rings. The van der Waals surface area contributed by atoms with Crippen LogP contribution in [0, 0.1) is 0 Å². The summed E-state index contributed by atoms with van der Waals surface area (Å²) >= 11 is 0. The predicted molar refractivity (Wildman–Crippen MR) is 65.2 cm³/mol. The third-order valence-corrected chi connectivity index (χ3v) is 2.60. The lowest BCUT2D eigenvalue weighted by molar-refractivity contribution is -0.136. The molecule has 0 bridgehead atoms. The average molecular weight is 244 g/mol. The number of nitrogens with zero attached hydrogens (tertiary/aromatic N) is 1. The van der Waals surface area contributed by atoms with Crippen LogP contribution in [0.1, 0.15) is 23.2 Å². The number of aromatic amines is 1. The highest BCUT2D eigenvalue weighted by Crippen LogP contribution is 2.18. The van der Waals surface area contributed by atoms with E-state index < -0.39 is 5.97 Å². The van der Waals surface area contributed by atoms with Crippen LogP contribution in [-0.4, -0.2) is 27.1 Å². The summed E-state index contributed by atoms with van der Waals surface area (Å²) in [6, 6.07) is 7.04. The van der Waals surface area contributed by atoms with Crippen molar-refractivity contribution in [2.75, 3.05) is 0 Å². The second-order valence-electron chi connectivity index (χ2n) is 3.88. The zero-order valence-electron chi connectivity index (χ0n) is 9.59. The highest BCUT2D eigenvalue weighted by molar-refractivity contribution is 5.97. The second kappa shape index (κ2) is 5.27. The monoisotopic (exact) mass is 244 g/mol. The maximum Gasteiger partial charge on any atom is 0.303 e. The number of aliphatic carboxylic acids is 1. The van der Waals surface area contributed by atoms with Gasteiger partial charge in [-0.25, -0.2) is 0 Å². The summed E-state index contributed by atoms with van der Waals surface area (Å²) in [5, 5.41) is 15.1. The highest BCUT2D eigenvalue weighted by Gasteiger charge is 2.08. The van der Waals surface area contributed by atoms with E-state index in [0.29, 0.717) is 5.56 Å². The fourth-order valence-corrected chi connectivity index (χ4v) is 1.62. The Morgan fingerprint density at radius 2 is 1.83 bits per heavy atom. The molecule has 2 aromatic rings. The minimum Gasteiger partial charge on any atom is -0.481 e. The molecule has 1 heterocycles. The molecule has 0 saturated carbocycles.